The van der Waals surface area contributed by atoms with E-state index in [1.165, 1.54) is 7.11 Å². The van der Waals surface area contributed by atoms with Crippen molar-refractivity contribution < 1.29 is 14.3 Å². The van der Waals surface area contributed by atoms with Crippen molar-refractivity contribution in [3.63, 3.8) is 0 Å². The fraction of sp³-hybridized carbons (Fsp3) is 0.364. The monoisotopic (exact) mass is 398 g/mol. The number of carbonyl (C=O) groups is 2. The van der Waals surface area contributed by atoms with Crippen LogP contribution in [0.25, 0.3) is 0 Å². The molecule has 1 aliphatic carbocycles. The van der Waals surface area contributed by atoms with Crippen molar-refractivity contribution >= 4 is 34.8 Å². The van der Waals surface area contributed by atoms with Gasteiger partial charge in [0, 0.05) is 23.3 Å². The van der Waals surface area contributed by atoms with Crippen molar-refractivity contribution in [2.24, 2.45) is 5.41 Å². The second-order valence-electron chi connectivity index (χ2n) is 7.53. The predicted molar refractivity (Wildman–Crippen MR) is 110 cm³/mol. The first-order valence-electron chi connectivity index (χ1n) is 9.52. The molecule has 5 nitrogen and oxygen atoms in total. The number of methoxy groups -OCH3 is 1. The van der Waals surface area contributed by atoms with Gasteiger partial charge < -0.3 is 15.0 Å². The SMILES string of the molecule is COc1cc(Cl)c(C)cc1NC(=O)C1(C(=O)N2CCCc3ccccc32)CC1. The first-order valence-corrected chi connectivity index (χ1v) is 9.89. The van der Waals surface area contributed by atoms with Crippen LogP contribution in [0, 0.1) is 12.3 Å². The van der Waals surface area contributed by atoms with E-state index in [2.05, 4.69) is 11.4 Å². The predicted octanol–water partition coefficient (Wildman–Crippen LogP) is 4.36. The molecule has 0 unspecified atom stereocenters. The van der Waals surface area contributed by atoms with E-state index in [1.807, 2.05) is 25.1 Å². The molecule has 2 aliphatic rings. The van der Waals surface area contributed by atoms with Gasteiger partial charge in [0.15, 0.2) is 0 Å². The number of rotatable bonds is 4. The lowest BCUT2D eigenvalue weighted by atomic mass is 9.97. The van der Waals surface area contributed by atoms with E-state index in [1.54, 1.807) is 17.0 Å². The van der Waals surface area contributed by atoms with Crippen molar-refractivity contribution in [2.75, 3.05) is 23.9 Å². The first-order chi connectivity index (χ1) is 13.5. The average Bonchev–Trinajstić information content (AvgIpc) is 3.51. The number of amides is 2. The highest BCUT2D eigenvalue weighted by Gasteiger charge is 2.58. The molecule has 4 rings (SSSR count). The van der Waals surface area contributed by atoms with Gasteiger partial charge in [-0.3, -0.25) is 9.59 Å². The van der Waals surface area contributed by atoms with Crippen LogP contribution in [0.15, 0.2) is 36.4 Å². The molecule has 2 amide bonds. The van der Waals surface area contributed by atoms with Crippen molar-refractivity contribution in [2.45, 2.75) is 32.6 Å². The van der Waals surface area contributed by atoms with Crippen LogP contribution >= 0.6 is 11.6 Å². The van der Waals surface area contributed by atoms with Crippen LogP contribution in [-0.4, -0.2) is 25.5 Å². The van der Waals surface area contributed by atoms with Crippen LogP contribution in [0.2, 0.25) is 5.02 Å². The quantitative estimate of drug-likeness (QED) is 0.778. The number of anilines is 2. The summed E-state index contributed by atoms with van der Waals surface area (Å²) in [6, 6.07) is 11.4. The van der Waals surface area contributed by atoms with Gasteiger partial charge in [0.1, 0.15) is 11.2 Å². The minimum Gasteiger partial charge on any atom is -0.495 e. The molecule has 28 heavy (non-hydrogen) atoms. The average molecular weight is 399 g/mol. The molecule has 0 atom stereocenters. The highest BCUT2D eigenvalue weighted by molar-refractivity contribution is 6.31. The summed E-state index contributed by atoms with van der Waals surface area (Å²) in [7, 11) is 1.53. The Morgan fingerprint density at radius 1 is 1.21 bits per heavy atom. The Morgan fingerprint density at radius 2 is 1.96 bits per heavy atom. The van der Waals surface area contributed by atoms with Gasteiger partial charge in [-0.2, -0.15) is 0 Å². The number of para-hydroxylation sites is 1. The third kappa shape index (κ3) is 3.14. The van der Waals surface area contributed by atoms with Gasteiger partial charge in [-0.05, 0) is 55.9 Å². The maximum absolute atomic E-state index is 13.4. The first kappa shape index (κ1) is 18.8. The molecule has 1 fully saturated rings. The van der Waals surface area contributed by atoms with Crippen molar-refractivity contribution in [3.8, 4) is 5.75 Å². The fourth-order valence-corrected chi connectivity index (χ4v) is 3.99. The van der Waals surface area contributed by atoms with Crippen molar-refractivity contribution in [3.05, 3.63) is 52.5 Å². The van der Waals surface area contributed by atoms with E-state index in [4.69, 9.17) is 16.3 Å². The largest absolute Gasteiger partial charge is 0.495 e. The van der Waals surface area contributed by atoms with Gasteiger partial charge >= 0.3 is 0 Å². The van der Waals surface area contributed by atoms with E-state index < -0.39 is 5.41 Å². The Bertz CT molecular complexity index is 953. The number of benzene rings is 2. The highest BCUT2D eigenvalue weighted by atomic mass is 35.5. The van der Waals surface area contributed by atoms with Gasteiger partial charge in [-0.1, -0.05) is 29.8 Å². The lowest BCUT2D eigenvalue weighted by molar-refractivity contribution is -0.132. The number of nitrogens with one attached hydrogen (secondary N) is 1. The molecule has 0 aromatic heterocycles. The Balaban J connectivity index is 1.59. The molecule has 1 N–H and O–H groups in total. The zero-order chi connectivity index (χ0) is 19.9. The minimum absolute atomic E-state index is 0.109. The Morgan fingerprint density at radius 3 is 2.68 bits per heavy atom. The van der Waals surface area contributed by atoms with Gasteiger partial charge in [-0.15, -0.1) is 0 Å². The van der Waals surface area contributed by atoms with Crippen molar-refractivity contribution in [1.82, 2.24) is 0 Å². The highest BCUT2D eigenvalue weighted by Crippen LogP contribution is 2.50. The molecule has 0 radical (unpaired) electrons. The van der Waals surface area contributed by atoms with E-state index in [0.717, 1.165) is 29.7 Å². The normalized spacial score (nSPS) is 16.9. The van der Waals surface area contributed by atoms with E-state index in [9.17, 15) is 9.59 Å². The lowest BCUT2D eigenvalue weighted by Crippen LogP contribution is -2.45. The summed E-state index contributed by atoms with van der Waals surface area (Å²) in [5.41, 5.74) is 2.46. The molecular formula is C22H23ClN2O3. The number of hydrogen-bond acceptors (Lipinski definition) is 3. The smallest absolute Gasteiger partial charge is 0.242 e. The number of fused-ring (bicyclic) bond motifs is 1. The summed E-state index contributed by atoms with van der Waals surface area (Å²) in [5, 5.41) is 3.47. The van der Waals surface area contributed by atoms with Crippen LogP contribution in [0.3, 0.4) is 0 Å². The Labute approximate surface area is 169 Å². The van der Waals surface area contributed by atoms with E-state index in [0.29, 0.717) is 35.8 Å². The standard InChI is InChI=1S/C22H23ClN2O3/c1-14-12-17(19(28-2)13-16(14)23)24-20(26)22(9-10-22)21(27)25-11-5-7-15-6-3-4-8-18(15)25/h3-4,6,8,12-13H,5,7,9-11H2,1-2H3,(H,24,26). The molecule has 0 bridgehead atoms. The number of hydrogen-bond donors (Lipinski definition) is 1. The zero-order valence-electron chi connectivity index (χ0n) is 16.0. The summed E-state index contributed by atoms with van der Waals surface area (Å²) >= 11 is 6.15. The molecular weight excluding hydrogens is 376 g/mol. The van der Waals surface area contributed by atoms with Crippen molar-refractivity contribution in [1.29, 1.82) is 0 Å². The number of aryl methyl sites for hydroxylation is 2. The Kier molecular flexibility index (Phi) is 4.79. The lowest BCUT2D eigenvalue weighted by Gasteiger charge is -2.32. The molecule has 1 aliphatic heterocycles. The number of carbonyl (C=O) groups excluding carboxylic acids is 2. The van der Waals surface area contributed by atoms with Crippen LogP contribution in [-0.2, 0) is 16.0 Å². The second kappa shape index (κ2) is 7.13. The summed E-state index contributed by atoms with van der Waals surface area (Å²) in [6.07, 6.45) is 2.99. The molecule has 0 spiro atoms. The molecule has 1 saturated carbocycles. The number of nitrogens with zero attached hydrogens (tertiary/aromatic N) is 1. The molecule has 6 heteroatoms. The summed E-state index contributed by atoms with van der Waals surface area (Å²) in [4.78, 5) is 28.3. The molecule has 1 heterocycles. The minimum atomic E-state index is -0.997. The van der Waals surface area contributed by atoms with Crippen LogP contribution in [0.1, 0.15) is 30.4 Å². The third-order valence-corrected chi connectivity index (χ3v) is 6.09. The van der Waals surface area contributed by atoms with Crippen LogP contribution in [0.5, 0.6) is 5.75 Å². The Hall–Kier alpha value is -2.53. The molecule has 146 valence electrons. The maximum Gasteiger partial charge on any atom is 0.242 e. The van der Waals surface area contributed by atoms with Gasteiger partial charge in [0.2, 0.25) is 11.8 Å². The summed E-state index contributed by atoms with van der Waals surface area (Å²) in [5.74, 6) is 0.0953. The topological polar surface area (TPSA) is 58.6 Å². The summed E-state index contributed by atoms with van der Waals surface area (Å²) in [6.45, 7) is 2.51. The number of halogens is 1. The van der Waals surface area contributed by atoms with Gasteiger partial charge in [0.25, 0.3) is 0 Å². The number of ether oxygens (including phenoxy) is 1. The molecule has 0 saturated heterocycles. The van der Waals surface area contributed by atoms with Gasteiger partial charge in [0.05, 0.1) is 12.8 Å². The zero-order valence-corrected chi connectivity index (χ0v) is 16.8. The van der Waals surface area contributed by atoms with E-state index in [-0.39, 0.29) is 11.8 Å². The van der Waals surface area contributed by atoms with Crippen LogP contribution in [0.4, 0.5) is 11.4 Å². The maximum atomic E-state index is 13.4. The summed E-state index contributed by atoms with van der Waals surface area (Å²) < 4.78 is 5.34. The van der Waals surface area contributed by atoms with Gasteiger partial charge in [-0.25, -0.2) is 0 Å². The second-order valence-corrected chi connectivity index (χ2v) is 7.93. The fourth-order valence-electron chi connectivity index (χ4n) is 3.84. The van der Waals surface area contributed by atoms with E-state index >= 15 is 0 Å². The molecule has 2 aromatic rings. The third-order valence-electron chi connectivity index (χ3n) is 5.68. The molecule has 2 aromatic carbocycles. The van der Waals surface area contributed by atoms with Crippen LogP contribution < -0.4 is 15.0 Å².